The van der Waals surface area contributed by atoms with E-state index in [0.29, 0.717) is 5.88 Å². The lowest BCUT2D eigenvalue weighted by Gasteiger charge is -2.06. The molecule has 0 amide bonds. The van der Waals surface area contributed by atoms with Crippen molar-refractivity contribution in [2.75, 3.05) is 20.6 Å². The van der Waals surface area contributed by atoms with Crippen LogP contribution in [0.25, 0.3) is 0 Å². The molecule has 1 aromatic rings. The van der Waals surface area contributed by atoms with Crippen LogP contribution in [0.4, 0.5) is 0 Å². The van der Waals surface area contributed by atoms with Crippen molar-refractivity contribution >= 4 is 11.6 Å². The Balaban J connectivity index is 0. The minimum atomic E-state index is 0. The molecule has 1 rings (SSSR count). The predicted molar refractivity (Wildman–Crippen MR) is 106 cm³/mol. The quantitative estimate of drug-likeness (QED) is 0.422. The van der Waals surface area contributed by atoms with Gasteiger partial charge in [0.25, 0.3) is 0 Å². The maximum absolute atomic E-state index is 5.53. The van der Waals surface area contributed by atoms with Gasteiger partial charge in [-0.15, -0.1) is 11.6 Å². The first-order chi connectivity index (χ1) is 11.2. The van der Waals surface area contributed by atoms with Gasteiger partial charge in [-0.05, 0) is 18.4 Å². The van der Waals surface area contributed by atoms with Crippen LogP contribution < -0.4 is 17.3 Å². The molecule has 0 aliphatic rings. The molecule has 0 saturated heterocycles. The molecule has 0 unspecified atom stereocenters. The fraction of sp³-hybridized carbons (Fsp3) is 0.714. The number of rotatable bonds is 12. The maximum atomic E-state index is 5.53. The summed E-state index contributed by atoms with van der Waals surface area (Å²) >= 11 is 5.53. The van der Waals surface area contributed by atoms with Crippen molar-refractivity contribution < 1.29 is 17.3 Å². The third kappa shape index (κ3) is 19.8. The van der Waals surface area contributed by atoms with Crippen LogP contribution in [0, 0.1) is 0 Å². The van der Waals surface area contributed by atoms with E-state index < -0.39 is 0 Å². The number of nitrogens with one attached hydrogen (secondary N) is 1. The van der Waals surface area contributed by atoms with Crippen LogP contribution in [0.1, 0.15) is 76.7 Å². The fourth-order valence-corrected chi connectivity index (χ4v) is 2.71. The number of unbranched alkanes of at least 4 members (excludes halogenated alkanes) is 9. The van der Waals surface area contributed by atoms with Gasteiger partial charge >= 0.3 is 0 Å². The second-order valence-corrected chi connectivity index (χ2v) is 7.03. The molecule has 1 nitrogen and oxygen atoms in total. The minimum absolute atomic E-state index is 0. The number of benzene rings is 1. The number of alkyl halides is 1. The average molecular weight is 376 g/mol. The first-order valence-corrected chi connectivity index (χ1v) is 10.1. The van der Waals surface area contributed by atoms with Gasteiger partial charge in [-0.1, -0.05) is 88.6 Å². The molecular formula is C21H39Cl2N. The van der Waals surface area contributed by atoms with Gasteiger partial charge in [-0.3, -0.25) is 0 Å². The van der Waals surface area contributed by atoms with Crippen LogP contribution in [0.3, 0.4) is 0 Å². The molecule has 0 fully saturated rings. The molecule has 24 heavy (non-hydrogen) atoms. The summed E-state index contributed by atoms with van der Waals surface area (Å²) in [7, 11) is 4.49. The van der Waals surface area contributed by atoms with Crippen molar-refractivity contribution in [3.8, 4) is 0 Å². The SMILES string of the molecule is CCCCCCCCCCCC[NH+](C)C.ClCc1ccccc1.[Cl-]. The van der Waals surface area contributed by atoms with Gasteiger partial charge < -0.3 is 17.3 Å². The van der Waals surface area contributed by atoms with Gasteiger partial charge in [0.05, 0.1) is 20.6 Å². The molecule has 142 valence electrons. The van der Waals surface area contributed by atoms with Crippen LogP contribution in [-0.4, -0.2) is 20.6 Å². The standard InChI is InChI=1S/C14H31N.C7H7Cl.ClH/c1-4-5-6-7-8-9-10-11-12-13-14-15(2)3;8-6-7-4-2-1-3-5-7;/h4-14H2,1-3H3;1-5H,6H2;1H. The van der Waals surface area contributed by atoms with Crippen LogP contribution in [0.15, 0.2) is 30.3 Å². The van der Waals surface area contributed by atoms with Gasteiger partial charge in [0.15, 0.2) is 0 Å². The third-order valence-corrected chi connectivity index (χ3v) is 4.34. The summed E-state index contributed by atoms with van der Waals surface area (Å²) in [5, 5.41) is 0. The highest BCUT2D eigenvalue weighted by Gasteiger charge is 1.94. The zero-order chi connectivity index (χ0) is 17.2. The lowest BCUT2D eigenvalue weighted by Crippen LogP contribution is -3.05. The lowest BCUT2D eigenvalue weighted by atomic mass is 10.1. The van der Waals surface area contributed by atoms with Crippen LogP contribution in [-0.2, 0) is 5.88 Å². The molecule has 0 heterocycles. The minimum Gasteiger partial charge on any atom is -1.00 e. The molecule has 0 atom stereocenters. The number of hydrogen-bond donors (Lipinski definition) is 1. The van der Waals surface area contributed by atoms with E-state index >= 15 is 0 Å². The van der Waals surface area contributed by atoms with Crippen molar-refractivity contribution in [3.63, 3.8) is 0 Å². The van der Waals surface area contributed by atoms with Crippen molar-refractivity contribution in [3.05, 3.63) is 35.9 Å². The highest BCUT2D eigenvalue weighted by atomic mass is 35.5. The van der Waals surface area contributed by atoms with Gasteiger partial charge in [-0.25, -0.2) is 0 Å². The Kier molecular flexibility index (Phi) is 22.5. The monoisotopic (exact) mass is 375 g/mol. The molecule has 1 aromatic carbocycles. The van der Waals surface area contributed by atoms with E-state index in [4.69, 9.17) is 11.6 Å². The van der Waals surface area contributed by atoms with Gasteiger partial charge in [0.2, 0.25) is 0 Å². The molecule has 1 N–H and O–H groups in total. The van der Waals surface area contributed by atoms with Gasteiger partial charge in [0, 0.05) is 5.88 Å². The summed E-state index contributed by atoms with van der Waals surface area (Å²) in [5.74, 6) is 0.612. The molecule has 0 radical (unpaired) electrons. The summed E-state index contributed by atoms with van der Waals surface area (Å²) in [4.78, 5) is 1.59. The van der Waals surface area contributed by atoms with E-state index in [9.17, 15) is 0 Å². The first-order valence-electron chi connectivity index (χ1n) is 9.59. The van der Waals surface area contributed by atoms with E-state index in [1.54, 1.807) is 4.90 Å². The molecule has 0 saturated carbocycles. The van der Waals surface area contributed by atoms with Crippen LogP contribution in [0.5, 0.6) is 0 Å². The van der Waals surface area contributed by atoms with Crippen LogP contribution >= 0.6 is 11.6 Å². The van der Waals surface area contributed by atoms with Gasteiger partial charge in [-0.2, -0.15) is 0 Å². The summed E-state index contributed by atoms with van der Waals surface area (Å²) < 4.78 is 0. The third-order valence-electron chi connectivity index (χ3n) is 4.03. The predicted octanol–water partition coefficient (Wildman–Crippen LogP) is 2.48. The number of hydrogen-bond acceptors (Lipinski definition) is 0. The first kappa shape index (κ1) is 26.0. The highest BCUT2D eigenvalue weighted by Crippen LogP contribution is 2.09. The molecule has 0 spiro atoms. The Hall–Kier alpha value is -0.240. The summed E-state index contributed by atoms with van der Waals surface area (Å²) in [6.45, 7) is 3.63. The summed E-state index contributed by atoms with van der Waals surface area (Å²) in [6, 6.07) is 9.96. The van der Waals surface area contributed by atoms with Crippen molar-refractivity contribution in [1.29, 1.82) is 0 Å². The molecule has 0 aliphatic carbocycles. The zero-order valence-electron chi connectivity index (χ0n) is 16.1. The molecular weight excluding hydrogens is 337 g/mol. The lowest BCUT2D eigenvalue weighted by molar-refractivity contribution is -0.858. The van der Waals surface area contributed by atoms with Crippen molar-refractivity contribution in [2.45, 2.75) is 77.0 Å². The normalized spacial score (nSPS) is 10.0. The number of halogens is 2. The Morgan fingerprint density at radius 3 is 1.58 bits per heavy atom. The second kappa shape index (κ2) is 20.8. The van der Waals surface area contributed by atoms with E-state index in [1.165, 1.54) is 76.3 Å². The van der Waals surface area contributed by atoms with Gasteiger partial charge in [0.1, 0.15) is 0 Å². The van der Waals surface area contributed by atoms with Crippen molar-refractivity contribution in [1.82, 2.24) is 0 Å². The Bertz CT molecular complexity index is 328. The van der Waals surface area contributed by atoms with E-state index in [0.717, 1.165) is 0 Å². The molecule has 3 heteroatoms. The zero-order valence-corrected chi connectivity index (χ0v) is 17.6. The summed E-state index contributed by atoms with van der Waals surface area (Å²) in [5.41, 5.74) is 1.18. The van der Waals surface area contributed by atoms with E-state index in [-0.39, 0.29) is 12.4 Å². The maximum Gasteiger partial charge on any atom is 0.0766 e. The van der Waals surface area contributed by atoms with E-state index in [1.807, 2.05) is 30.3 Å². The Morgan fingerprint density at radius 2 is 1.21 bits per heavy atom. The second-order valence-electron chi connectivity index (χ2n) is 6.76. The topological polar surface area (TPSA) is 4.44 Å². The Labute approximate surface area is 162 Å². The fourth-order valence-electron chi connectivity index (χ4n) is 2.53. The van der Waals surface area contributed by atoms with Crippen LogP contribution in [0.2, 0.25) is 0 Å². The molecule has 0 aliphatic heterocycles. The molecule has 0 aromatic heterocycles. The highest BCUT2D eigenvalue weighted by molar-refractivity contribution is 6.17. The van der Waals surface area contributed by atoms with Crippen molar-refractivity contribution in [2.24, 2.45) is 0 Å². The smallest absolute Gasteiger partial charge is 0.0766 e. The Morgan fingerprint density at radius 1 is 0.750 bits per heavy atom. The largest absolute Gasteiger partial charge is 1.00 e. The summed E-state index contributed by atoms with van der Waals surface area (Å²) in [6.07, 6.45) is 14.5. The van der Waals surface area contributed by atoms with E-state index in [2.05, 4.69) is 21.0 Å². The number of quaternary nitrogens is 1. The molecule has 0 bridgehead atoms. The average Bonchev–Trinajstić information content (AvgIpc) is 2.57.